The van der Waals surface area contributed by atoms with Crippen LogP contribution in [0.5, 0.6) is 11.6 Å². The fourth-order valence-electron chi connectivity index (χ4n) is 3.48. The van der Waals surface area contributed by atoms with E-state index in [9.17, 15) is 8.78 Å². The molecule has 168 valence electrons. The van der Waals surface area contributed by atoms with Gasteiger partial charge in [0, 0.05) is 39.0 Å². The zero-order chi connectivity index (χ0) is 22.6. The van der Waals surface area contributed by atoms with Crippen LogP contribution in [0.2, 0.25) is 0 Å². The Kier molecular flexibility index (Phi) is 6.97. The smallest absolute Gasteiger partial charge is 0.278 e. The molecule has 0 amide bonds. The summed E-state index contributed by atoms with van der Waals surface area (Å²) in [5.74, 6) is -0.554. The highest BCUT2D eigenvalue weighted by Gasteiger charge is 2.30. The van der Waals surface area contributed by atoms with Crippen molar-refractivity contribution in [3.63, 3.8) is 0 Å². The Labute approximate surface area is 182 Å². The predicted molar refractivity (Wildman–Crippen MR) is 117 cm³/mol. The van der Waals surface area contributed by atoms with Gasteiger partial charge in [-0.1, -0.05) is 20.1 Å². The summed E-state index contributed by atoms with van der Waals surface area (Å²) in [5, 5.41) is 0. The first kappa shape index (κ1) is 22.8. The Morgan fingerprint density at radius 3 is 2.71 bits per heavy atom. The van der Waals surface area contributed by atoms with Gasteiger partial charge < -0.3 is 19.3 Å². The van der Waals surface area contributed by atoms with Gasteiger partial charge in [0.25, 0.3) is 5.92 Å². The molecule has 2 aliphatic rings. The van der Waals surface area contributed by atoms with Crippen LogP contribution in [0.15, 0.2) is 60.1 Å². The molecule has 0 N–H and O–H groups in total. The van der Waals surface area contributed by atoms with Crippen molar-refractivity contribution >= 4 is 5.84 Å². The van der Waals surface area contributed by atoms with Gasteiger partial charge >= 0.3 is 0 Å². The first-order chi connectivity index (χ1) is 14.7. The van der Waals surface area contributed by atoms with Crippen molar-refractivity contribution in [2.75, 3.05) is 26.2 Å². The highest BCUT2D eigenvalue weighted by atomic mass is 19.3. The van der Waals surface area contributed by atoms with Gasteiger partial charge in [-0.3, -0.25) is 0 Å². The van der Waals surface area contributed by atoms with E-state index >= 15 is 0 Å². The molecule has 0 bridgehead atoms. The van der Waals surface area contributed by atoms with E-state index in [1.807, 2.05) is 18.0 Å². The number of rotatable bonds is 8. The number of pyridine rings is 1. The summed E-state index contributed by atoms with van der Waals surface area (Å²) in [6.07, 6.45) is 5.57. The topological polar surface area (TPSA) is 50.2 Å². The summed E-state index contributed by atoms with van der Waals surface area (Å²) in [7, 11) is 0. The lowest BCUT2D eigenvalue weighted by Crippen LogP contribution is -2.47. The molecule has 0 spiro atoms. The molecule has 2 saturated heterocycles. The predicted octanol–water partition coefficient (Wildman–Crippen LogP) is 4.48. The number of ether oxygens (including phenoxy) is 2. The van der Waals surface area contributed by atoms with Crippen molar-refractivity contribution in [2.45, 2.75) is 39.2 Å². The molecule has 8 heteroatoms. The molecule has 0 saturated carbocycles. The van der Waals surface area contributed by atoms with Crippen molar-refractivity contribution in [2.24, 2.45) is 10.9 Å². The number of hydrogen-bond acceptors (Lipinski definition) is 5. The number of aliphatic imine (C=N–C) groups is 1. The first-order valence-corrected chi connectivity index (χ1v) is 10.4. The molecule has 0 unspecified atom stereocenters. The number of allylic oxidation sites excluding steroid dienone is 1. The number of aromatic nitrogens is 1. The molecule has 3 rings (SSSR count). The van der Waals surface area contributed by atoms with Gasteiger partial charge in [-0.25, -0.2) is 18.8 Å². The Morgan fingerprint density at radius 2 is 2.13 bits per heavy atom. The highest BCUT2D eigenvalue weighted by Crippen LogP contribution is 2.29. The molecule has 1 aromatic rings. The van der Waals surface area contributed by atoms with E-state index in [0.717, 1.165) is 50.2 Å². The number of nitrogens with zero attached hydrogens (tertiary/aromatic N) is 4. The monoisotopic (exact) mass is 432 g/mol. The third kappa shape index (κ3) is 6.06. The number of hydrogen-bond donors (Lipinski definition) is 0. The van der Waals surface area contributed by atoms with Crippen molar-refractivity contribution in [1.29, 1.82) is 0 Å². The normalized spacial score (nSPS) is 20.7. The molecule has 1 aromatic heterocycles. The quantitative estimate of drug-likeness (QED) is 0.344. The number of likely N-dealkylation sites (tertiary alicyclic amines) is 2. The second-order valence-corrected chi connectivity index (χ2v) is 8.17. The van der Waals surface area contributed by atoms with Gasteiger partial charge in [-0.2, -0.15) is 0 Å². The largest absolute Gasteiger partial charge is 0.483 e. The summed E-state index contributed by atoms with van der Waals surface area (Å²) in [6, 6.07) is 3.16. The number of amidine groups is 1. The Balaban J connectivity index is 1.58. The van der Waals surface area contributed by atoms with Crippen molar-refractivity contribution < 1.29 is 18.3 Å². The summed E-state index contributed by atoms with van der Waals surface area (Å²) in [5.41, 5.74) is 1.67. The average Bonchev–Trinajstić information content (AvgIpc) is 3.05. The summed E-state index contributed by atoms with van der Waals surface area (Å²) in [6.45, 7) is 15.2. The maximum Gasteiger partial charge on any atom is 0.278 e. The molecule has 3 heterocycles. The van der Waals surface area contributed by atoms with E-state index in [2.05, 4.69) is 35.0 Å². The lowest BCUT2D eigenvalue weighted by molar-refractivity contribution is -0.0242. The maximum absolute atomic E-state index is 12.9. The lowest BCUT2D eigenvalue weighted by atomic mass is 10.0. The fraction of sp³-hybridized carbons (Fsp3) is 0.478. The minimum atomic E-state index is -2.91. The van der Waals surface area contributed by atoms with E-state index in [0.29, 0.717) is 11.7 Å². The minimum absolute atomic E-state index is 0.127. The van der Waals surface area contributed by atoms with Crippen LogP contribution in [0.25, 0.3) is 0 Å². The highest BCUT2D eigenvalue weighted by molar-refractivity contribution is 5.81. The molecule has 6 nitrogen and oxygen atoms in total. The van der Waals surface area contributed by atoms with Crippen LogP contribution in [0.3, 0.4) is 0 Å². The molecular weight excluding hydrogens is 402 g/mol. The van der Waals surface area contributed by atoms with Crippen LogP contribution in [0, 0.1) is 5.92 Å². The second-order valence-electron chi connectivity index (χ2n) is 8.17. The SMILES string of the molecule is C=C/C(=C\N=C(/C)N1CC(C)C1)N1CC[C@@H](Oc2ccc(OCC(C)(F)F)nc2)C1=C. The fourth-order valence-corrected chi connectivity index (χ4v) is 3.48. The van der Waals surface area contributed by atoms with Crippen LogP contribution in [-0.4, -0.2) is 58.9 Å². The third-order valence-corrected chi connectivity index (χ3v) is 5.22. The van der Waals surface area contributed by atoms with Gasteiger partial charge in [0.15, 0.2) is 6.61 Å². The molecule has 2 aliphatic heterocycles. The Morgan fingerprint density at radius 1 is 1.39 bits per heavy atom. The minimum Gasteiger partial charge on any atom is -0.483 e. The zero-order valence-corrected chi connectivity index (χ0v) is 18.4. The summed E-state index contributed by atoms with van der Waals surface area (Å²) in [4.78, 5) is 12.9. The molecular formula is C23H30F2N4O2. The maximum atomic E-state index is 12.9. The second kappa shape index (κ2) is 9.49. The van der Waals surface area contributed by atoms with Crippen LogP contribution >= 0.6 is 0 Å². The lowest BCUT2D eigenvalue weighted by Gasteiger charge is -2.38. The van der Waals surface area contributed by atoms with Crippen LogP contribution < -0.4 is 9.47 Å². The number of halogens is 2. The summed E-state index contributed by atoms with van der Waals surface area (Å²) < 4.78 is 36.8. The van der Waals surface area contributed by atoms with E-state index < -0.39 is 12.5 Å². The Hall–Kier alpha value is -2.90. The van der Waals surface area contributed by atoms with Gasteiger partial charge in [-0.05, 0) is 25.0 Å². The van der Waals surface area contributed by atoms with Crippen LogP contribution in [0.1, 0.15) is 27.2 Å². The number of alkyl halides is 2. The van der Waals surface area contributed by atoms with E-state index in [1.165, 1.54) is 12.3 Å². The standard InChI is InChI=1S/C23H30F2N4O2/c1-6-19(11-26-18(4)28-13-16(2)14-28)29-10-9-21(17(29)3)31-20-7-8-22(27-12-20)30-15-23(5,24)25/h6-8,11-12,16,21H,1,3,9-10,13-15H2,2,4-5H3/b19-11+,26-18+/t21-/m1/s1. The average molecular weight is 433 g/mol. The molecule has 31 heavy (non-hydrogen) atoms. The summed E-state index contributed by atoms with van der Waals surface area (Å²) >= 11 is 0. The first-order valence-electron chi connectivity index (χ1n) is 10.4. The Bertz CT molecular complexity index is 855. The van der Waals surface area contributed by atoms with Gasteiger partial charge in [0.2, 0.25) is 5.88 Å². The van der Waals surface area contributed by atoms with Gasteiger partial charge in [0.05, 0.1) is 23.8 Å². The molecule has 2 fully saturated rings. The van der Waals surface area contributed by atoms with E-state index in [4.69, 9.17) is 9.47 Å². The molecule has 1 atom stereocenters. The van der Waals surface area contributed by atoms with Crippen LogP contribution in [-0.2, 0) is 0 Å². The van der Waals surface area contributed by atoms with Crippen molar-refractivity contribution in [3.8, 4) is 11.6 Å². The van der Waals surface area contributed by atoms with Crippen LogP contribution in [0.4, 0.5) is 8.78 Å². The molecule has 0 aromatic carbocycles. The third-order valence-electron chi connectivity index (χ3n) is 5.22. The zero-order valence-electron chi connectivity index (χ0n) is 18.4. The van der Waals surface area contributed by atoms with E-state index in [-0.39, 0.29) is 12.0 Å². The van der Waals surface area contributed by atoms with Crippen molar-refractivity contribution in [1.82, 2.24) is 14.8 Å². The van der Waals surface area contributed by atoms with Gasteiger partial charge in [-0.15, -0.1) is 0 Å². The van der Waals surface area contributed by atoms with Gasteiger partial charge in [0.1, 0.15) is 17.7 Å². The van der Waals surface area contributed by atoms with Crippen molar-refractivity contribution in [3.05, 3.63) is 55.2 Å². The molecule has 0 aliphatic carbocycles. The molecule has 0 radical (unpaired) electrons. The van der Waals surface area contributed by atoms with E-state index in [1.54, 1.807) is 12.1 Å².